The zero-order valence-corrected chi connectivity index (χ0v) is 14.5. The van der Waals surface area contributed by atoms with Gasteiger partial charge in [0.05, 0.1) is 22.2 Å². The molecule has 0 saturated heterocycles. The van der Waals surface area contributed by atoms with E-state index in [2.05, 4.69) is 5.32 Å². The van der Waals surface area contributed by atoms with E-state index in [9.17, 15) is 4.79 Å². The van der Waals surface area contributed by atoms with E-state index in [-0.39, 0.29) is 5.91 Å². The molecule has 0 fully saturated rings. The molecule has 0 heterocycles. The van der Waals surface area contributed by atoms with Gasteiger partial charge < -0.3 is 10.1 Å². The third-order valence-corrected chi connectivity index (χ3v) is 4.33. The van der Waals surface area contributed by atoms with Gasteiger partial charge in [0.2, 0.25) is 0 Å². The van der Waals surface area contributed by atoms with Crippen molar-refractivity contribution < 1.29 is 9.53 Å². The number of hydrogen-bond acceptors (Lipinski definition) is 2. The minimum absolute atomic E-state index is 0.256. The summed E-state index contributed by atoms with van der Waals surface area (Å²) in [5.41, 5.74) is 1.07. The van der Waals surface area contributed by atoms with Gasteiger partial charge in [-0.05, 0) is 42.0 Å². The number of anilines is 1. The third kappa shape index (κ3) is 3.32. The standard InChI is InChI=1S/C19H15Cl2NO2/c1-2-24-17-10-7-12-5-3-4-6-14(12)18(17)19(23)22-13-8-9-15(20)16(21)11-13/h3-11H,2H2,1H3,(H,22,23). The molecule has 24 heavy (non-hydrogen) atoms. The van der Waals surface area contributed by atoms with Gasteiger partial charge >= 0.3 is 0 Å². The summed E-state index contributed by atoms with van der Waals surface area (Å²) in [7, 11) is 0. The van der Waals surface area contributed by atoms with Crippen LogP contribution in [-0.2, 0) is 0 Å². The van der Waals surface area contributed by atoms with Gasteiger partial charge in [0.25, 0.3) is 5.91 Å². The van der Waals surface area contributed by atoms with Crippen LogP contribution in [0.4, 0.5) is 5.69 Å². The highest BCUT2D eigenvalue weighted by Crippen LogP contribution is 2.30. The first-order chi connectivity index (χ1) is 11.6. The predicted octanol–water partition coefficient (Wildman–Crippen LogP) is 5.80. The van der Waals surface area contributed by atoms with Gasteiger partial charge in [-0.25, -0.2) is 0 Å². The molecule has 3 nitrogen and oxygen atoms in total. The van der Waals surface area contributed by atoms with Crippen molar-refractivity contribution in [2.45, 2.75) is 6.92 Å². The Bertz CT molecular complexity index is 909. The lowest BCUT2D eigenvalue weighted by Gasteiger charge is -2.14. The highest BCUT2D eigenvalue weighted by atomic mass is 35.5. The van der Waals surface area contributed by atoms with Crippen LogP contribution in [0.15, 0.2) is 54.6 Å². The summed E-state index contributed by atoms with van der Waals surface area (Å²) in [4.78, 5) is 12.9. The zero-order valence-electron chi connectivity index (χ0n) is 13.0. The summed E-state index contributed by atoms with van der Waals surface area (Å²) in [5.74, 6) is 0.294. The Labute approximate surface area is 150 Å². The third-order valence-electron chi connectivity index (χ3n) is 3.60. The molecule has 0 atom stereocenters. The van der Waals surface area contributed by atoms with E-state index in [0.717, 1.165) is 10.8 Å². The molecule has 5 heteroatoms. The summed E-state index contributed by atoms with van der Waals surface area (Å²) >= 11 is 11.9. The normalized spacial score (nSPS) is 10.6. The van der Waals surface area contributed by atoms with E-state index in [1.165, 1.54) is 0 Å². The Balaban J connectivity index is 2.04. The minimum Gasteiger partial charge on any atom is -0.493 e. The van der Waals surface area contributed by atoms with E-state index in [0.29, 0.717) is 33.7 Å². The van der Waals surface area contributed by atoms with E-state index in [1.807, 2.05) is 43.3 Å². The van der Waals surface area contributed by atoms with Gasteiger partial charge in [0.1, 0.15) is 5.75 Å². The second-order valence-corrected chi connectivity index (χ2v) is 5.99. The number of amides is 1. The first-order valence-electron chi connectivity index (χ1n) is 7.51. The van der Waals surface area contributed by atoms with Crippen molar-refractivity contribution in [3.63, 3.8) is 0 Å². The number of rotatable bonds is 4. The second kappa shape index (κ2) is 7.12. The molecule has 0 aromatic heterocycles. The molecule has 0 unspecified atom stereocenters. The summed E-state index contributed by atoms with van der Waals surface area (Å²) in [6.45, 7) is 2.36. The van der Waals surface area contributed by atoms with Crippen molar-refractivity contribution in [1.29, 1.82) is 0 Å². The maximum Gasteiger partial charge on any atom is 0.260 e. The van der Waals surface area contributed by atoms with Crippen LogP contribution in [0.3, 0.4) is 0 Å². The number of carbonyl (C=O) groups excluding carboxylic acids is 1. The molecule has 0 saturated carbocycles. The molecular formula is C19H15Cl2NO2. The van der Waals surface area contributed by atoms with Crippen molar-refractivity contribution in [2.24, 2.45) is 0 Å². The van der Waals surface area contributed by atoms with Crippen LogP contribution in [0, 0.1) is 0 Å². The number of fused-ring (bicyclic) bond motifs is 1. The Morgan fingerprint density at radius 1 is 1.04 bits per heavy atom. The van der Waals surface area contributed by atoms with Crippen molar-refractivity contribution in [2.75, 3.05) is 11.9 Å². The highest BCUT2D eigenvalue weighted by molar-refractivity contribution is 6.42. The molecule has 1 N–H and O–H groups in total. The first kappa shape index (κ1) is 16.6. The number of halogens is 2. The quantitative estimate of drug-likeness (QED) is 0.639. The first-order valence-corrected chi connectivity index (χ1v) is 8.26. The van der Waals surface area contributed by atoms with Gasteiger partial charge in [-0.15, -0.1) is 0 Å². The number of ether oxygens (including phenoxy) is 1. The molecule has 3 aromatic rings. The van der Waals surface area contributed by atoms with Crippen LogP contribution in [0.2, 0.25) is 10.0 Å². The minimum atomic E-state index is -0.256. The van der Waals surface area contributed by atoms with Crippen molar-refractivity contribution >= 4 is 45.6 Å². The SMILES string of the molecule is CCOc1ccc2ccccc2c1C(=O)Nc1ccc(Cl)c(Cl)c1. The Morgan fingerprint density at radius 3 is 2.58 bits per heavy atom. The Morgan fingerprint density at radius 2 is 1.83 bits per heavy atom. The van der Waals surface area contributed by atoms with Crippen molar-refractivity contribution in [3.8, 4) is 5.75 Å². The fourth-order valence-corrected chi connectivity index (χ4v) is 2.83. The summed E-state index contributed by atoms with van der Waals surface area (Å²) in [6.07, 6.45) is 0. The molecule has 122 valence electrons. The predicted molar refractivity (Wildman–Crippen MR) is 99.5 cm³/mol. The Kier molecular flexibility index (Phi) is 4.93. The van der Waals surface area contributed by atoms with Crippen LogP contribution >= 0.6 is 23.2 Å². The lowest BCUT2D eigenvalue weighted by Crippen LogP contribution is -2.14. The molecule has 0 bridgehead atoms. The van der Waals surface area contributed by atoms with Crippen molar-refractivity contribution in [3.05, 3.63) is 70.2 Å². The molecule has 0 aliphatic rings. The number of hydrogen-bond donors (Lipinski definition) is 1. The van der Waals surface area contributed by atoms with Crippen LogP contribution in [0.1, 0.15) is 17.3 Å². The van der Waals surface area contributed by atoms with Gasteiger partial charge in [-0.2, -0.15) is 0 Å². The molecule has 0 aliphatic heterocycles. The molecule has 0 radical (unpaired) electrons. The van der Waals surface area contributed by atoms with Gasteiger partial charge in [-0.3, -0.25) is 4.79 Å². The fourth-order valence-electron chi connectivity index (χ4n) is 2.53. The van der Waals surface area contributed by atoms with Crippen LogP contribution in [-0.4, -0.2) is 12.5 Å². The largest absolute Gasteiger partial charge is 0.493 e. The van der Waals surface area contributed by atoms with Gasteiger partial charge in [-0.1, -0.05) is 53.5 Å². The fraction of sp³-hybridized carbons (Fsp3) is 0.105. The smallest absolute Gasteiger partial charge is 0.260 e. The lowest BCUT2D eigenvalue weighted by atomic mass is 10.0. The van der Waals surface area contributed by atoms with Crippen molar-refractivity contribution in [1.82, 2.24) is 0 Å². The Hall–Kier alpha value is -2.23. The van der Waals surface area contributed by atoms with Crippen LogP contribution in [0.5, 0.6) is 5.75 Å². The monoisotopic (exact) mass is 359 g/mol. The number of benzene rings is 3. The number of nitrogens with one attached hydrogen (secondary N) is 1. The summed E-state index contributed by atoms with van der Waals surface area (Å²) in [6, 6.07) is 16.4. The van der Waals surface area contributed by atoms with Gasteiger partial charge in [0, 0.05) is 5.69 Å². The highest BCUT2D eigenvalue weighted by Gasteiger charge is 2.17. The summed E-state index contributed by atoms with van der Waals surface area (Å²) in [5, 5.41) is 5.49. The second-order valence-electron chi connectivity index (χ2n) is 5.18. The van der Waals surface area contributed by atoms with Crippen LogP contribution < -0.4 is 10.1 Å². The lowest BCUT2D eigenvalue weighted by molar-refractivity contribution is 0.102. The molecule has 3 aromatic carbocycles. The van der Waals surface area contributed by atoms with E-state index < -0.39 is 0 Å². The summed E-state index contributed by atoms with van der Waals surface area (Å²) < 4.78 is 5.64. The van der Waals surface area contributed by atoms with Crippen LogP contribution in [0.25, 0.3) is 10.8 Å². The average Bonchev–Trinajstić information content (AvgIpc) is 2.58. The molecule has 1 amide bonds. The number of carbonyl (C=O) groups is 1. The topological polar surface area (TPSA) is 38.3 Å². The van der Waals surface area contributed by atoms with E-state index >= 15 is 0 Å². The molecule has 0 spiro atoms. The van der Waals surface area contributed by atoms with E-state index in [4.69, 9.17) is 27.9 Å². The maximum atomic E-state index is 12.9. The molecule has 3 rings (SSSR count). The van der Waals surface area contributed by atoms with E-state index in [1.54, 1.807) is 18.2 Å². The maximum absolute atomic E-state index is 12.9. The zero-order chi connectivity index (χ0) is 17.1. The van der Waals surface area contributed by atoms with Gasteiger partial charge in [0.15, 0.2) is 0 Å². The molecule has 0 aliphatic carbocycles. The average molecular weight is 360 g/mol. The molecular weight excluding hydrogens is 345 g/mol.